The first-order chi connectivity index (χ1) is 8.90. The van der Waals surface area contributed by atoms with E-state index in [-0.39, 0.29) is 12.1 Å². The van der Waals surface area contributed by atoms with Crippen molar-refractivity contribution in [1.82, 2.24) is 0 Å². The average molecular weight is 270 g/mol. The molecule has 0 aliphatic heterocycles. The first kappa shape index (κ1) is 18.1. The van der Waals surface area contributed by atoms with Crippen molar-refractivity contribution in [3.63, 3.8) is 0 Å². The first-order valence-electron chi connectivity index (χ1n) is 7.17. The number of aliphatic imine (C=N–C) groups is 1. The van der Waals surface area contributed by atoms with Crippen molar-refractivity contribution in [2.75, 3.05) is 6.54 Å². The Morgan fingerprint density at radius 2 is 2.00 bits per heavy atom. The van der Waals surface area contributed by atoms with Crippen molar-refractivity contribution in [3.05, 3.63) is 12.3 Å². The molecule has 4 heteroatoms. The zero-order chi connectivity index (χ0) is 14.8. The van der Waals surface area contributed by atoms with Crippen LogP contribution in [0.3, 0.4) is 0 Å². The van der Waals surface area contributed by atoms with Crippen LogP contribution in [0.4, 0.5) is 0 Å². The van der Waals surface area contributed by atoms with Gasteiger partial charge in [0.05, 0.1) is 6.10 Å². The molecule has 0 aliphatic carbocycles. The van der Waals surface area contributed by atoms with E-state index in [1.165, 1.54) is 0 Å². The molecule has 0 amide bonds. The maximum atomic E-state index is 9.94. The fraction of sp³-hybridized carbons (Fsp3) is 0.800. The lowest BCUT2D eigenvalue weighted by atomic mass is 10.1. The Morgan fingerprint density at radius 3 is 2.47 bits per heavy atom. The van der Waals surface area contributed by atoms with Gasteiger partial charge >= 0.3 is 0 Å². The van der Waals surface area contributed by atoms with Gasteiger partial charge in [-0.15, -0.1) is 0 Å². The Morgan fingerprint density at radius 1 is 1.37 bits per heavy atom. The third-order valence-electron chi connectivity index (χ3n) is 2.93. The van der Waals surface area contributed by atoms with Crippen LogP contribution in [0.5, 0.6) is 0 Å². The van der Waals surface area contributed by atoms with Gasteiger partial charge in [0.25, 0.3) is 0 Å². The van der Waals surface area contributed by atoms with Crippen LogP contribution in [0.2, 0.25) is 0 Å². The fourth-order valence-corrected chi connectivity index (χ4v) is 1.61. The highest BCUT2D eigenvalue weighted by Crippen LogP contribution is 2.15. The Labute approximate surface area is 117 Å². The summed E-state index contributed by atoms with van der Waals surface area (Å²) >= 11 is 0. The summed E-state index contributed by atoms with van der Waals surface area (Å²) in [7, 11) is 0. The van der Waals surface area contributed by atoms with Crippen LogP contribution in [0, 0.1) is 5.92 Å². The minimum atomic E-state index is -0.612. The van der Waals surface area contributed by atoms with Crippen molar-refractivity contribution in [2.24, 2.45) is 16.6 Å². The molecule has 0 saturated heterocycles. The van der Waals surface area contributed by atoms with Crippen LogP contribution in [-0.4, -0.2) is 36.1 Å². The van der Waals surface area contributed by atoms with Crippen molar-refractivity contribution < 1.29 is 9.84 Å². The van der Waals surface area contributed by atoms with Crippen molar-refractivity contribution >= 4 is 6.21 Å². The highest BCUT2D eigenvalue weighted by molar-refractivity contribution is 5.60. The minimum absolute atomic E-state index is 0.0487. The van der Waals surface area contributed by atoms with E-state index in [0.717, 1.165) is 12.8 Å². The molecule has 4 nitrogen and oxygen atoms in total. The lowest BCUT2D eigenvalue weighted by Crippen LogP contribution is -2.18. The fourth-order valence-electron chi connectivity index (χ4n) is 1.61. The number of aliphatic hydroxyl groups is 1. The molecule has 3 atom stereocenters. The van der Waals surface area contributed by atoms with Crippen LogP contribution in [-0.2, 0) is 4.74 Å². The van der Waals surface area contributed by atoms with E-state index in [1.807, 2.05) is 27.0 Å². The molecule has 112 valence electrons. The van der Waals surface area contributed by atoms with Gasteiger partial charge in [-0.25, -0.2) is 0 Å². The molecule has 0 aromatic heterocycles. The van der Waals surface area contributed by atoms with Crippen molar-refractivity contribution in [1.29, 1.82) is 0 Å². The maximum Gasteiger partial charge on any atom is 0.118 e. The summed E-state index contributed by atoms with van der Waals surface area (Å²) < 4.78 is 5.39. The second-order valence-electron chi connectivity index (χ2n) is 5.30. The second kappa shape index (κ2) is 9.98. The van der Waals surface area contributed by atoms with Crippen molar-refractivity contribution in [3.8, 4) is 0 Å². The summed E-state index contributed by atoms with van der Waals surface area (Å²) in [6, 6.07) is 0.232. The largest absolute Gasteiger partial charge is 0.493 e. The highest BCUT2D eigenvalue weighted by atomic mass is 16.5. The molecule has 3 N–H and O–H groups in total. The molecular weight excluding hydrogens is 240 g/mol. The molecule has 19 heavy (non-hydrogen) atoms. The number of ether oxygens (including phenoxy) is 1. The summed E-state index contributed by atoms with van der Waals surface area (Å²) in [4.78, 5) is 4.52. The van der Waals surface area contributed by atoms with Gasteiger partial charge in [0, 0.05) is 18.2 Å². The van der Waals surface area contributed by atoms with E-state index < -0.39 is 6.10 Å². The van der Waals surface area contributed by atoms with Gasteiger partial charge < -0.3 is 15.6 Å². The van der Waals surface area contributed by atoms with Gasteiger partial charge in [0.1, 0.15) is 11.9 Å². The molecular formula is C15H30N2O2. The molecule has 0 aromatic carbocycles. The molecule has 0 aromatic rings. The number of rotatable bonds is 10. The van der Waals surface area contributed by atoms with Gasteiger partial charge in [-0.2, -0.15) is 0 Å². The number of hydrogen-bond donors (Lipinski definition) is 2. The van der Waals surface area contributed by atoms with Crippen LogP contribution >= 0.6 is 0 Å². The van der Waals surface area contributed by atoms with Gasteiger partial charge in [-0.3, -0.25) is 4.99 Å². The molecule has 0 bridgehead atoms. The summed E-state index contributed by atoms with van der Waals surface area (Å²) in [6.45, 7) is 12.4. The molecule has 0 radical (unpaired) electrons. The van der Waals surface area contributed by atoms with E-state index in [4.69, 9.17) is 10.5 Å². The summed E-state index contributed by atoms with van der Waals surface area (Å²) in [5.41, 5.74) is 5.55. The first-order valence-corrected chi connectivity index (χ1v) is 7.17. The zero-order valence-electron chi connectivity index (χ0n) is 12.8. The molecule has 0 rings (SSSR count). The number of nitrogens with zero attached hydrogens (tertiary/aromatic N) is 1. The van der Waals surface area contributed by atoms with E-state index >= 15 is 0 Å². The maximum absolute atomic E-state index is 9.94. The molecule has 0 heterocycles. The second-order valence-corrected chi connectivity index (χ2v) is 5.30. The quantitative estimate of drug-likeness (QED) is 0.473. The van der Waals surface area contributed by atoms with E-state index in [2.05, 4.69) is 18.5 Å². The van der Waals surface area contributed by atoms with E-state index in [0.29, 0.717) is 24.6 Å². The Hall–Kier alpha value is -0.870. The van der Waals surface area contributed by atoms with Gasteiger partial charge in [-0.1, -0.05) is 20.4 Å². The van der Waals surface area contributed by atoms with Gasteiger partial charge in [0.15, 0.2) is 0 Å². The van der Waals surface area contributed by atoms with E-state index in [1.54, 1.807) is 0 Å². The Balaban J connectivity index is 4.13. The lowest BCUT2D eigenvalue weighted by molar-refractivity contribution is 0.0653. The number of aliphatic hydroxyl groups excluding tert-OH is 1. The van der Waals surface area contributed by atoms with Crippen LogP contribution < -0.4 is 5.73 Å². The standard InChI is InChI=1S/C15H30N2O2/c1-6-14(17-10-12(4)9-16)7-8-15(18)13(5)19-11(2)3/h10-12,14-15,18H,5-9,16H2,1-4H3. The Bertz CT molecular complexity index is 277. The average Bonchev–Trinajstić information content (AvgIpc) is 2.37. The minimum Gasteiger partial charge on any atom is -0.493 e. The van der Waals surface area contributed by atoms with Crippen molar-refractivity contribution in [2.45, 2.75) is 65.2 Å². The summed E-state index contributed by atoms with van der Waals surface area (Å²) in [6.07, 6.45) is 3.76. The third kappa shape index (κ3) is 8.78. The summed E-state index contributed by atoms with van der Waals surface area (Å²) in [5.74, 6) is 0.752. The molecule has 3 unspecified atom stereocenters. The number of hydrogen-bond acceptors (Lipinski definition) is 4. The predicted molar refractivity (Wildman–Crippen MR) is 81.4 cm³/mol. The highest BCUT2D eigenvalue weighted by Gasteiger charge is 2.14. The van der Waals surface area contributed by atoms with Crippen LogP contribution in [0.25, 0.3) is 0 Å². The third-order valence-corrected chi connectivity index (χ3v) is 2.93. The van der Waals surface area contributed by atoms with Gasteiger partial charge in [-0.05, 0) is 39.7 Å². The molecule has 0 fully saturated rings. The van der Waals surface area contributed by atoms with Crippen LogP contribution in [0.15, 0.2) is 17.3 Å². The monoisotopic (exact) mass is 270 g/mol. The zero-order valence-corrected chi connectivity index (χ0v) is 12.8. The normalized spacial score (nSPS) is 16.6. The molecule has 0 aliphatic rings. The lowest BCUT2D eigenvalue weighted by Gasteiger charge is -2.19. The van der Waals surface area contributed by atoms with Gasteiger partial charge in [0.2, 0.25) is 0 Å². The van der Waals surface area contributed by atoms with E-state index in [9.17, 15) is 5.11 Å². The predicted octanol–water partition coefficient (Wildman–Crippen LogP) is 2.51. The Kier molecular flexibility index (Phi) is 9.53. The summed E-state index contributed by atoms with van der Waals surface area (Å²) in [5, 5.41) is 9.94. The smallest absolute Gasteiger partial charge is 0.118 e. The SMILES string of the molecule is C=C(OC(C)C)C(O)CCC(CC)N=CC(C)CN. The molecule has 0 spiro atoms. The number of nitrogens with two attached hydrogens (primary N) is 1. The molecule has 0 saturated carbocycles. The van der Waals surface area contributed by atoms with Crippen LogP contribution in [0.1, 0.15) is 47.0 Å². The topological polar surface area (TPSA) is 67.8 Å².